The number of esters is 1. The first-order valence-corrected chi connectivity index (χ1v) is 6.44. The highest BCUT2D eigenvalue weighted by molar-refractivity contribution is 5.95. The van der Waals surface area contributed by atoms with E-state index in [9.17, 15) is 22.4 Å². The van der Waals surface area contributed by atoms with Crippen LogP contribution in [0.2, 0.25) is 0 Å². The van der Waals surface area contributed by atoms with Crippen LogP contribution in [-0.4, -0.2) is 25.3 Å². The molecule has 0 fully saturated rings. The Bertz CT molecular complexity index is 488. The van der Waals surface area contributed by atoms with E-state index in [-0.39, 0.29) is 24.4 Å². The third kappa shape index (κ3) is 6.01. The van der Waals surface area contributed by atoms with E-state index in [2.05, 4.69) is 10.1 Å². The maximum Gasteiger partial charge on any atom is 0.389 e. The molecule has 0 amide bonds. The summed E-state index contributed by atoms with van der Waals surface area (Å²) in [5.74, 6) is -1.30. The average molecular weight is 307 g/mol. The van der Waals surface area contributed by atoms with Gasteiger partial charge >= 0.3 is 12.1 Å². The van der Waals surface area contributed by atoms with Gasteiger partial charge < -0.3 is 10.1 Å². The van der Waals surface area contributed by atoms with Crippen LogP contribution in [-0.2, 0) is 4.74 Å². The van der Waals surface area contributed by atoms with Crippen molar-refractivity contribution in [2.75, 3.05) is 12.4 Å². The van der Waals surface area contributed by atoms with Gasteiger partial charge in [0.1, 0.15) is 5.82 Å². The van der Waals surface area contributed by atoms with Gasteiger partial charge in [-0.1, -0.05) is 0 Å². The summed E-state index contributed by atoms with van der Waals surface area (Å²) in [6.07, 6.45) is -4.77. The highest BCUT2D eigenvalue weighted by Gasteiger charge is 2.26. The normalized spacial score (nSPS) is 12.9. The highest BCUT2D eigenvalue weighted by Crippen LogP contribution is 2.24. The van der Waals surface area contributed by atoms with Crippen molar-refractivity contribution >= 4 is 11.7 Å². The number of hydrogen-bond donors (Lipinski definition) is 1. The standard InChI is InChI=1S/C14H17F4NO2/c1-9(4-3-7-14(16,17)18)19-12-6-5-10(15)8-11(12)13(20)21-2/h5-6,8-9,19H,3-4,7H2,1-2H3. The molecule has 0 heterocycles. The Labute approximate surface area is 120 Å². The fourth-order valence-corrected chi connectivity index (χ4v) is 1.87. The molecular formula is C14H17F4NO2. The first-order chi connectivity index (χ1) is 9.73. The predicted molar refractivity (Wildman–Crippen MR) is 70.7 cm³/mol. The second kappa shape index (κ2) is 7.28. The number of anilines is 1. The Morgan fingerprint density at radius 3 is 2.62 bits per heavy atom. The van der Waals surface area contributed by atoms with Crippen molar-refractivity contribution in [2.24, 2.45) is 0 Å². The molecule has 1 aromatic carbocycles. The van der Waals surface area contributed by atoms with E-state index in [0.29, 0.717) is 5.69 Å². The third-order valence-corrected chi connectivity index (χ3v) is 2.89. The molecule has 1 N–H and O–H groups in total. The molecule has 21 heavy (non-hydrogen) atoms. The summed E-state index contributed by atoms with van der Waals surface area (Å²) >= 11 is 0. The summed E-state index contributed by atoms with van der Waals surface area (Å²) in [5, 5.41) is 2.90. The van der Waals surface area contributed by atoms with Crippen molar-refractivity contribution in [1.82, 2.24) is 0 Å². The predicted octanol–water partition coefficient (Wildman–Crippen LogP) is 4.15. The number of hydrogen-bond acceptors (Lipinski definition) is 3. The maximum atomic E-state index is 13.2. The Morgan fingerprint density at radius 2 is 2.05 bits per heavy atom. The molecule has 0 aliphatic heterocycles. The second-order valence-electron chi connectivity index (χ2n) is 4.73. The van der Waals surface area contributed by atoms with E-state index in [4.69, 9.17) is 0 Å². The molecule has 0 saturated carbocycles. The van der Waals surface area contributed by atoms with Gasteiger partial charge in [-0.3, -0.25) is 0 Å². The van der Waals surface area contributed by atoms with Gasteiger partial charge in [0.2, 0.25) is 0 Å². The second-order valence-corrected chi connectivity index (χ2v) is 4.73. The van der Waals surface area contributed by atoms with E-state index in [1.54, 1.807) is 6.92 Å². The Kier molecular flexibility index (Phi) is 5.99. The Morgan fingerprint density at radius 1 is 1.38 bits per heavy atom. The van der Waals surface area contributed by atoms with Crippen LogP contribution in [0.25, 0.3) is 0 Å². The minimum atomic E-state index is -4.17. The van der Waals surface area contributed by atoms with Gasteiger partial charge in [-0.15, -0.1) is 0 Å². The minimum Gasteiger partial charge on any atom is -0.465 e. The van der Waals surface area contributed by atoms with Gasteiger partial charge in [-0.05, 0) is 38.0 Å². The number of benzene rings is 1. The highest BCUT2D eigenvalue weighted by atomic mass is 19.4. The molecular weight excluding hydrogens is 290 g/mol. The third-order valence-electron chi connectivity index (χ3n) is 2.89. The van der Waals surface area contributed by atoms with Crippen molar-refractivity contribution in [3.8, 4) is 0 Å². The zero-order chi connectivity index (χ0) is 16.0. The van der Waals surface area contributed by atoms with Crippen LogP contribution in [0.5, 0.6) is 0 Å². The molecule has 7 heteroatoms. The van der Waals surface area contributed by atoms with E-state index in [1.807, 2.05) is 0 Å². The summed E-state index contributed by atoms with van der Waals surface area (Å²) in [6.45, 7) is 1.70. The number of carbonyl (C=O) groups is 1. The summed E-state index contributed by atoms with van der Waals surface area (Å²) in [4.78, 5) is 11.5. The number of ether oxygens (including phenoxy) is 1. The fourth-order valence-electron chi connectivity index (χ4n) is 1.87. The summed E-state index contributed by atoms with van der Waals surface area (Å²) in [5.41, 5.74) is 0.350. The molecule has 0 aliphatic rings. The number of methoxy groups -OCH3 is 1. The smallest absolute Gasteiger partial charge is 0.389 e. The molecule has 1 rings (SSSR count). The molecule has 0 saturated heterocycles. The van der Waals surface area contributed by atoms with E-state index < -0.39 is 24.4 Å². The van der Waals surface area contributed by atoms with Crippen LogP contribution in [0, 0.1) is 5.82 Å². The lowest BCUT2D eigenvalue weighted by molar-refractivity contribution is -0.135. The van der Waals surface area contributed by atoms with Gasteiger partial charge in [-0.25, -0.2) is 9.18 Å². The van der Waals surface area contributed by atoms with Crippen molar-refractivity contribution in [3.05, 3.63) is 29.6 Å². The van der Waals surface area contributed by atoms with Gasteiger partial charge in [0.15, 0.2) is 0 Å². The molecule has 3 nitrogen and oxygen atoms in total. The summed E-state index contributed by atoms with van der Waals surface area (Å²) in [6, 6.07) is 3.26. The number of nitrogens with one attached hydrogen (secondary N) is 1. The molecule has 1 unspecified atom stereocenters. The van der Waals surface area contributed by atoms with Crippen LogP contribution in [0.4, 0.5) is 23.2 Å². The van der Waals surface area contributed by atoms with Gasteiger partial charge in [0, 0.05) is 18.2 Å². The Hall–Kier alpha value is -1.79. The summed E-state index contributed by atoms with van der Waals surface area (Å²) in [7, 11) is 1.17. The SMILES string of the molecule is COC(=O)c1cc(F)ccc1NC(C)CCCC(F)(F)F. The number of rotatable bonds is 6. The minimum absolute atomic E-state index is 0.0140. The molecule has 0 radical (unpaired) electrons. The topological polar surface area (TPSA) is 38.3 Å². The molecule has 0 bridgehead atoms. The van der Waals surface area contributed by atoms with Crippen molar-refractivity contribution in [3.63, 3.8) is 0 Å². The first-order valence-electron chi connectivity index (χ1n) is 6.44. The maximum absolute atomic E-state index is 13.2. The van der Waals surface area contributed by atoms with Crippen molar-refractivity contribution < 1.29 is 27.1 Å². The number of alkyl halides is 3. The van der Waals surface area contributed by atoms with E-state index in [0.717, 1.165) is 12.1 Å². The zero-order valence-electron chi connectivity index (χ0n) is 11.8. The van der Waals surface area contributed by atoms with E-state index >= 15 is 0 Å². The van der Waals surface area contributed by atoms with Crippen LogP contribution in [0.15, 0.2) is 18.2 Å². The molecule has 0 spiro atoms. The molecule has 0 aliphatic carbocycles. The molecule has 1 aromatic rings. The number of carbonyl (C=O) groups excluding carboxylic acids is 1. The lowest BCUT2D eigenvalue weighted by Gasteiger charge is -2.17. The number of halogens is 4. The van der Waals surface area contributed by atoms with Gasteiger partial charge in [-0.2, -0.15) is 13.2 Å². The van der Waals surface area contributed by atoms with Gasteiger partial charge in [0.25, 0.3) is 0 Å². The molecule has 118 valence electrons. The monoisotopic (exact) mass is 307 g/mol. The molecule has 1 atom stereocenters. The van der Waals surface area contributed by atoms with E-state index in [1.165, 1.54) is 13.2 Å². The van der Waals surface area contributed by atoms with Crippen molar-refractivity contribution in [1.29, 1.82) is 0 Å². The largest absolute Gasteiger partial charge is 0.465 e. The fraction of sp³-hybridized carbons (Fsp3) is 0.500. The van der Waals surface area contributed by atoms with Crippen LogP contribution in [0.1, 0.15) is 36.5 Å². The summed E-state index contributed by atoms with van der Waals surface area (Å²) < 4.78 is 53.9. The lowest BCUT2D eigenvalue weighted by Crippen LogP contribution is -2.19. The lowest BCUT2D eigenvalue weighted by atomic mass is 10.1. The quantitative estimate of drug-likeness (QED) is 0.634. The van der Waals surface area contributed by atoms with Gasteiger partial charge in [0.05, 0.1) is 12.7 Å². The van der Waals surface area contributed by atoms with Crippen LogP contribution >= 0.6 is 0 Å². The molecule has 0 aromatic heterocycles. The van der Waals surface area contributed by atoms with Crippen molar-refractivity contribution in [2.45, 2.75) is 38.4 Å². The zero-order valence-corrected chi connectivity index (χ0v) is 11.8. The van der Waals surface area contributed by atoms with Crippen LogP contribution < -0.4 is 5.32 Å². The average Bonchev–Trinajstić information content (AvgIpc) is 2.38. The van der Waals surface area contributed by atoms with Crippen LogP contribution in [0.3, 0.4) is 0 Å². The Balaban J connectivity index is 2.67. The first kappa shape index (κ1) is 17.3.